The summed E-state index contributed by atoms with van der Waals surface area (Å²) >= 11 is 1.61. The van der Waals surface area contributed by atoms with Crippen LogP contribution < -0.4 is 4.78 Å². The first kappa shape index (κ1) is 16.8. The molecular formula is C17H19BFO2S. The van der Waals surface area contributed by atoms with E-state index in [0.717, 1.165) is 15.2 Å². The van der Waals surface area contributed by atoms with Crippen molar-refractivity contribution in [1.29, 1.82) is 0 Å². The van der Waals surface area contributed by atoms with E-state index in [1.807, 2.05) is 46.1 Å². The molecule has 2 aromatic rings. The van der Waals surface area contributed by atoms with Gasteiger partial charge in [-0.3, -0.25) is 4.79 Å². The Kier molecular flexibility index (Phi) is 5.06. The fraction of sp³-hybridized carbons (Fsp3) is 0.353. The van der Waals surface area contributed by atoms with Gasteiger partial charge >= 0.3 is 5.97 Å². The van der Waals surface area contributed by atoms with E-state index in [9.17, 15) is 9.18 Å². The molecule has 1 unspecified atom stereocenters. The summed E-state index contributed by atoms with van der Waals surface area (Å²) in [5.74, 6) is -0.867. The second-order valence-electron chi connectivity index (χ2n) is 5.73. The predicted octanol–water partition coefficient (Wildman–Crippen LogP) is 3.60. The lowest BCUT2D eigenvalue weighted by Crippen LogP contribution is -2.33. The SMILES string of the molecule is C[B]c1ccc(C(c2cccc(F)c2)C(C)(C)C(=O)OC)s1. The molecule has 0 fully saturated rings. The zero-order chi connectivity index (χ0) is 16.3. The van der Waals surface area contributed by atoms with Gasteiger partial charge in [0.1, 0.15) is 5.82 Å². The minimum atomic E-state index is -0.793. The van der Waals surface area contributed by atoms with Gasteiger partial charge in [0, 0.05) is 10.8 Å². The first-order chi connectivity index (χ1) is 10.4. The van der Waals surface area contributed by atoms with Crippen molar-refractivity contribution in [2.24, 2.45) is 5.41 Å². The van der Waals surface area contributed by atoms with Crippen LogP contribution in [0.5, 0.6) is 0 Å². The van der Waals surface area contributed by atoms with Crippen molar-refractivity contribution in [3.05, 3.63) is 52.7 Å². The minimum absolute atomic E-state index is 0.255. The highest BCUT2D eigenvalue weighted by molar-refractivity contribution is 7.21. The van der Waals surface area contributed by atoms with Crippen LogP contribution in [0.4, 0.5) is 4.39 Å². The van der Waals surface area contributed by atoms with E-state index >= 15 is 0 Å². The Morgan fingerprint density at radius 3 is 2.59 bits per heavy atom. The number of rotatable bonds is 5. The van der Waals surface area contributed by atoms with Crippen molar-refractivity contribution in [2.45, 2.75) is 26.6 Å². The van der Waals surface area contributed by atoms with Crippen molar-refractivity contribution in [3.8, 4) is 0 Å². The topological polar surface area (TPSA) is 26.3 Å². The maximum Gasteiger partial charge on any atom is 0.312 e. The lowest BCUT2D eigenvalue weighted by molar-refractivity contribution is -0.151. The lowest BCUT2D eigenvalue weighted by Gasteiger charge is -2.31. The molecule has 0 spiro atoms. The number of benzene rings is 1. The molecule has 0 saturated heterocycles. The summed E-state index contributed by atoms with van der Waals surface area (Å²) in [5.41, 5.74) is -0.0156. The number of esters is 1. The third-order valence-electron chi connectivity index (χ3n) is 3.83. The van der Waals surface area contributed by atoms with Gasteiger partial charge < -0.3 is 4.74 Å². The van der Waals surface area contributed by atoms with Crippen LogP contribution in [0.15, 0.2) is 36.4 Å². The summed E-state index contributed by atoms with van der Waals surface area (Å²) in [4.78, 5) is 13.3. The summed E-state index contributed by atoms with van der Waals surface area (Å²) in [6.07, 6.45) is 0. The summed E-state index contributed by atoms with van der Waals surface area (Å²) in [5, 5.41) is 0. The standard InChI is InChI=1S/C17H19BFO2S/c1-17(2,16(20)21-4)15(11-6-5-7-12(19)10-11)13-8-9-14(18-3)22-13/h5-10,15H,1-4H3. The number of carbonyl (C=O) groups excluding carboxylic acids is 1. The fourth-order valence-corrected chi connectivity index (χ4v) is 3.89. The molecule has 0 saturated carbocycles. The van der Waals surface area contributed by atoms with E-state index in [4.69, 9.17) is 4.74 Å². The van der Waals surface area contributed by atoms with Crippen LogP contribution in [0.2, 0.25) is 6.82 Å². The van der Waals surface area contributed by atoms with Crippen LogP contribution in [0.1, 0.15) is 30.2 Å². The zero-order valence-corrected chi connectivity index (χ0v) is 14.0. The maximum atomic E-state index is 13.7. The molecule has 1 aromatic heterocycles. The van der Waals surface area contributed by atoms with Gasteiger partial charge in [-0.15, -0.1) is 0 Å². The predicted molar refractivity (Wildman–Crippen MR) is 89.6 cm³/mol. The number of carbonyl (C=O) groups is 1. The molecule has 115 valence electrons. The van der Waals surface area contributed by atoms with Crippen LogP contribution in [0, 0.1) is 11.2 Å². The molecule has 1 atom stereocenters. The molecule has 0 N–H and O–H groups in total. The molecule has 0 aliphatic carbocycles. The molecule has 0 amide bonds. The first-order valence-corrected chi connectivity index (χ1v) is 7.94. The van der Waals surface area contributed by atoms with Gasteiger partial charge in [-0.05, 0) is 42.4 Å². The Morgan fingerprint density at radius 2 is 2.05 bits per heavy atom. The molecule has 1 radical (unpaired) electrons. The molecule has 1 aromatic carbocycles. The molecule has 0 aliphatic heterocycles. The maximum absolute atomic E-state index is 13.7. The average molecular weight is 317 g/mol. The van der Waals surface area contributed by atoms with Gasteiger partial charge in [-0.1, -0.05) is 25.0 Å². The van der Waals surface area contributed by atoms with E-state index < -0.39 is 5.41 Å². The van der Waals surface area contributed by atoms with Gasteiger partial charge in [-0.2, -0.15) is 11.3 Å². The number of methoxy groups -OCH3 is 1. The number of thiophene rings is 1. The van der Waals surface area contributed by atoms with Gasteiger partial charge in [0.2, 0.25) is 0 Å². The van der Waals surface area contributed by atoms with Crippen molar-refractivity contribution in [2.75, 3.05) is 7.11 Å². The van der Waals surface area contributed by atoms with Crippen molar-refractivity contribution < 1.29 is 13.9 Å². The zero-order valence-electron chi connectivity index (χ0n) is 13.2. The molecule has 0 aliphatic rings. The molecule has 22 heavy (non-hydrogen) atoms. The van der Waals surface area contributed by atoms with Crippen LogP contribution in [-0.2, 0) is 9.53 Å². The van der Waals surface area contributed by atoms with E-state index in [1.54, 1.807) is 17.4 Å². The third-order valence-corrected chi connectivity index (χ3v) is 5.05. The average Bonchev–Trinajstić information content (AvgIpc) is 2.94. The Morgan fingerprint density at radius 1 is 1.32 bits per heavy atom. The van der Waals surface area contributed by atoms with Gasteiger partial charge in [0.25, 0.3) is 0 Å². The number of halogens is 1. The minimum Gasteiger partial charge on any atom is -0.469 e. The summed E-state index contributed by atoms with van der Waals surface area (Å²) < 4.78 is 19.8. The van der Waals surface area contributed by atoms with E-state index in [2.05, 4.69) is 0 Å². The molecule has 0 bridgehead atoms. The summed E-state index contributed by atoms with van der Waals surface area (Å²) in [6.45, 7) is 5.64. The van der Waals surface area contributed by atoms with Crippen LogP contribution in [-0.4, -0.2) is 20.4 Å². The highest BCUT2D eigenvalue weighted by Gasteiger charge is 2.40. The lowest BCUT2D eigenvalue weighted by atomic mass is 9.74. The number of hydrogen-bond donors (Lipinski definition) is 0. The highest BCUT2D eigenvalue weighted by atomic mass is 32.1. The van der Waals surface area contributed by atoms with Crippen molar-refractivity contribution in [1.82, 2.24) is 0 Å². The normalized spacial score (nSPS) is 12.8. The molecule has 1 heterocycles. The molecule has 2 nitrogen and oxygen atoms in total. The number of hydrogen-bond acceptors (Lipinski definition) is 3. The Bertz CT molecular complexity index is 666. The fourth-order valence-electron chi connectivity index (χ4n) is 2.68. The third kappa shape index (κ3) is 3.24. The summed E-state index contributed by atoms with van der Waals surface area (Å²) in [7, 11) is 3.40. The molecular weight excluding hydrogens is 298 g/mol. The smallest absolute Gasteiger partial charge is 0.312 e. The largest absolute Gasteiger partial charge is 0.469 e. The van der Waals surface area contributed by atoms with Crippen LogP contribution >= 0.6 is 11.3 Å². The van der Waals surface area contributed by atoms with E-state index in [1.165, 1.54) is 19.2 Å². The second kappa shape index (κ2) is 6.65. The van der Waals surface area contributed by atoms with E-state index in [0.29, 0.717) is 0 Å². The van der Waals surface area contributed by atoms with Gasteiger partial charge in [-0.25, -0.2) is 4.39 Å². The first-order valence-electron chi connectivity index (χ1n) is 7.13. The summed E-state index contributed by atoms with van der Waals surface area (Å²) in [6, 6.07) is 10.4. The highest BCUT2D eigenvalue weighted by Crippen LogP contribution is 2.43. The van der Waals surface area contributed by atoms with Gasteiger partial charge in [0.05, 0.1) is 12.5 Å². The van der Waals surface area contributed by atoms with Crippen molar-refractivity contribution in [3.63, 3.8) is 0 Å². The van der Waals surface area contributed by atoms with Crippen LogP contribution in [0.25, 0.3) is 0 Å². The van der Waals surface area contributed by atoms with Crippen LogP contribution in [0.3, 0.4) is 0 Å². The quantitative estimate of drug-likeness (QED) is 0.622. The Labute approximate surface area is 135 Å². The second-order valence-corrected chi connectivity index (χ2v) is 6.88. The van der Waals surface area contributed by atoms with Crippen molar-refractivity contribution >= 4 is 29.4 Å². The van der Waals surface area contributed by atoms with E-state index in [-0.39, 0.29) is 17.7 Å². The monoisotopic (exact) mass is 317 g/mol. The molecule has 5 heteroatoms. The Balaban J connectivity index is 2.56. The number of ether oxygens (including phenoxy) is 1. The molecule has 2 rings (SSSR count). The van der Waals surface area contributed by atoms with Gasteiger partial charge in [0.15, 0.2) is 7.28 Å². The Hall–Kier alpha value is -1.62.